The summed E-state index contributed by atoms with van der Waals surface area (Å²) in [6.07, 6.45) is 3.05. The van der Waals surface area contributed by atoms with Crippen LogP contribution in [0, 0.1) is 5.82 Å². The standard InChI is InChI=1S/C23H19Cl2FN2O5S/c1-3-7-33-21-16(25)8-13(9-18(21)32-4-2)10-19-22(30)28(23(31)34-19)12-20(29)27-14-5-6-17(26)15(24)11-14/h3,5-6,8-11H,1,4,7,12H2,2H3,(H,27,29)/b19-10+. The predicted octanol–water partition coefficient (Wildman–Crippen LogP) is 5.77. The summed E-state index contributed by atoms with van der Waals surface area (Å²) in [7, 11) is 0. The van der Waals surface area contributed by atoms with Gasteiger partial charge in [-0.05, 0) is 60.7 Å². The molecule has 0 aliphatic carbocycles. The van der Waals surface area contributed by atoms with Crippen molar-refractivity contribution in [2.45, 2.75) is 6.92 Å². The second-order valence-electron chi connectivity index (χ2n) is 6.81. The summed E-state index contributed by atoms with van der Waals surface area (Å²) < 4.78 is 24.4. The highest BCUT2D eigenvalue weighted by Crippen LogP contribution is 2.39. The summed E-state index contributed by atoms with van der Waals surface area (Å²) in [5, 5.41) is 1.96. The number of nitrogens with one attached hydrogen (secondary N) is 1. The molecule has 34 heavy (non-hydrogen) atoms. The van der Waals surface area contributed by atoms with Crippen molar-refractivity contribution < 1.29 is 28.2 Å². The quantitative estimate of drug-likeness (QED) is 0.331. The lowest BCUT2D eigenvalue weighted by Gasteiger charge is -2.14. The van der Waals surface area contributed by atoms with Gasteiger partial charge in [0.25, 0.3) is 11.1 Å². The molecule has 1 aliphatic rings. The van der Waals surface area contributed by atoms with E-state index in [9.17, 15) is 18.8 Å². The molecule has 2 aromatic carbocycles. The van der Waals surface area contributed by atoms with Gasteiger partial charge in [0.2, 0.25) is 5.91 Å². The molecule has 178 valence electrons. The average molecular weight is 525 g/mol. The van der Waals surface area contributed by atoms with E-state index in [4.69, 9.17) is 32.7 Å². The molecule has 7 nitrogen and oxygen atoms in total. The molecule has 1 fully saturated rings. The summed E-state index contributed by atoms with van der Waals surface area (Å²) in [6, 6.07) is 6.84. The zero-order valence-electron chi connectivity index (χ0n) is 17.9. The number of hydrogen-bond acceptors (Lipinski definition) is 6. The van der Waals surface area contributed by atoms with Crippen molar-refractivity contribution in [2.75, 3.05) is 25.1 Å². The number of benzene rings is 2. The Labute approximate surface area is 209 Å². The number of ether oxygens (including phenoxy) is 2. The van der Waals surface area contributed by atoms with Crippen molar-refractivity contribution in [2.24, 2.45) is 0 Å². The SMILES string of the molecule is C=CCOc1c(Cl)cc(/C=C2/SC(=O)N(CC(=O)Nc3ccc(F)c(Cl)c3)C2=O)cc1OCC. The molecule has 0 radical (unpaired) electrons. The summed E-state index contributed by atoms with van der Waals surface area (Å²) >= 11 is 12.7. The van der Waals surface area contributed by atoms with Gasteiger partial charge in [-0.1, -0.05) is 35.9 Å². The normalized spacial score (nSPS) is 14.5. The van der Waals surface area contributed by atoms with Crippen LogP contribution in [0.2, 0.25) is 10.0 Å². The van der Waals surface area contributed by atoms with E-state index in [-0.39, 0.29) is 27.2 Å². The maximum Gasteiger partial charge on any atom is 0.294 e. The number of imide groups is 1. The molecular weight excluding hydrogens is 506 g/mol. The molecule has 0 unspecified atom stereocenters. The van der Waals surface area contributed by atoms with Crippen molar-refractivity contribution in [1.29, 1.82) is 0 Å². The first-order valence-electron chi connectivity index (χ1n) is 9.93. The summed E-state index contributed by atoms with van der Waals surface area (Å²) in [6.45, 7) is 5.46. The lowest BCUT2D eigenvalue weighted by atomic mass is 10.1. The minimum absolute atomic E-state index is 0.112. The van der Waals surface area contributed by atoms with Crippen LogP contribution in [-0.2, 0) is 9.59 Å². The number of thioether (sulfide) groups is 1. The molecular formula is C23H19Cl2FN2O5S. The molecule has 0 spiro atoms. The molecule has 0 saturated carbocycles. The van der Waals surface area contributed by atoms with Crippen LogP contribution < -0.4 is 14.8 Å². The first-order valence-corrected chi connectivity index (χ1v) is 11.5. The van der Waals surface area contributed by atoms with Gasteiger partial charge in [0.1, 0.15) is 19.0 Å². The van der Waals surface area contributed by atoms with Gasteiger partial charge in [-0.15, -0.1) is 0 Å². The molecule has 1 N–H and O–H groups in total. The third-order valence-electron chi connectivity index (χ3n) is 4.35. The number of hydrogen-bond donors (Lipinski definition) is 1. The molecule has 1 aliphatic heterocycles. The highest BCUT2D eigenvalue weighted by atomic mass is 35.5. The minimum atomic E-state index is -0.642. The highest BCUT2D eigenvalue weighted by Gasteiger charge is 2.36. The number of carbonyl (C=O) groups excluding carboxylic acids is 3. The van der Waals surface area contributed by atoms with Crippen LogP contribution in [0.15, 0.2) is 47.9 Å². The Morgan fingerprint density at radius 2 is 1.97 bits per heavy atom. The third kappa shape index (κ3) is 6.11. The van der Waals surface area contributed by atoms with Crippen LogP contribution in [0.25, 0.3) is 6.08 Å². The van der Waals surface area contributed by atoms with Gasteiger partial charge in [0.15, 0.2) is 11.5 Å². The number of anilines is 1. The van der Waals surface area contributed by atoms with Crippen LogP contribution in [0.3, 0.4) is 0 Å². The Hall–Kier alpha value is -3.01. The topological polar surface area (TPSA) is 84.9 Å². The Bertz CT molecular complexity index is 1190. The van der Waals surface area contributed by atoms with E-state index in [0.29, 0.717) is 35.4 Å². The van der Waals surface area contributed by atoms with E-state index in [2.05, 4.69) is 11.9 Å². The van der Waals surface area contributed by atoms with Gasteiger partial charge < -0.3 is 14.8 Å². The first-order chi connectivity index (χ1) is 16.2. The predicted molar refractivity (Wildman–Crippen MR) is 131 cm³/mol. The van der Waals surface area contributed by atoms with Crippen molar-refractivity contribution in [1.82, 2.24) is 4.90 Å². The Morgan fingerprint density at radius 1 is 1.21 bits per heavy atom. The van der Waals surface area contributed by atoms with Crippen molar-refractivity contribution in [3.8, 4) is 11.5 Å². The Kier molecular flexibility index (Phi) is 8.60. The fourth-order valence-corrected chi connectivity index (χ4v) is 4.21. The fraction of sp³-hybridized carbons (Fsp3) is 0.174. The maximum atomic E-state index is 13.3. The van der Waals surface area contributed by atoms with Gasteiger partial charge in [0.05, 0.1) is 21.6 Å². The van der Waals surface area contributed by atoms with Gasteiger partial charge in [-0.25, -0.2) is 4.39 Å². The van der Waals surface area contributed by atoms with Crippen molar-refractivity contribution in [3.05, 3.63) is 69.3 Å². The highest BCUT2D eigenvalue weighted by molar-refractivity contribution is 8.18. The molecule has 1 heterocycles. The Morgan fingerprint density at radius 3 is 2.65 bits per heavy atom. The van der Waals surface area contributed by atoms with Gasteiger partial charge in [-0.2, -0.15) is 0 Å². The number of halogens is 3. The molecule has 0 atom stereocenters. The molecule has 3 rings (SSSR count). The largest absolute Gasteiger partial charge is 0.490 e. The van der Waals surface area contributed by atoms with Crippen molar-refractivity contribution >= 4 is 63.8 Å². The molecule has 3 amide bonds. The smallest absolute Gasteiger partial charge is 0.294 e. The number of carbonyl (C=O) groups is 3. The fourth-order valence-electron chi connectivity index (χ4n) is 2.92. The van der Waals surface area contributed by atoms with E-state index >= 15 is 0 Å². The van der Waals surface area contributed by atoms with Gasteiger partial charge in [-0.3, -0.25) is 19.3 Å². The van der Waals surface area contributed by atoms with E-state index in [0.717, 1.165) is 11.0 Å². The molecule has 11 heteroatoms. The van der Waals surface area contributed by atoms with Crippen LogP contribution in [-0.4, -0.2) is 41.7 Å². The second kappa shape index (κ2) is 11.4. The minimum Gasteiger partial charge on any atom is -0.490 e. The number of rotatable bonds is 9. The van der Waals surface area contributed by atoms with E-state index in [1.165, 1.54) is 18.2 Å². The van der Waals surface area contributed by atoms with Gasteiger partial charge in [0, 0.05) is 5.69 Å². The Balaban J connectivity index is 1.76. The van der Waals surface area contributed by atoms with Gasteiger partial charge >= 0.3 is 0 Å². The van der Waals surface area contributed by atoms with Crippen LogP contribution in [0.4, 0.5) is 14.9 Å². The summed E-state index contributed by atoms with van der Waals surface area (Å²) in [5.74, 6) is -1.20. The number of nitrogens with zero attached hydrogens (tertiary/aromatic N) is 1. The van der Waals surface area contributed by atoms with Crippen LogP contribution >= 0.6 is 35.0 Å². The van der Waals surface area contributed by atoms with E-state index in [1.54, 1.807) is 25.1 Å². The van der Waals surface area contributed by atoms with Crippen LogP contribution in [0.1, 0.15) is 12.5 Å². The summed E-state index contributed by atoms with van der Waals surface area (Å²) in [4.78, 5) is 38.4. The van der Waals surface area contributed by atoms with E-state index in [1.807, 2.05) is 0 Å². The van der Waals surface area contributed by atoms with Crippen LogP contribution in [0.5, 0.6) is 11.5 Å². The zero-order valence-corrected chi connectivity index (χ0v) is 20.2. The first kappa shape index (κ1) is 25.6. The van der Waals surface area contributed by atoms with E-state index < -0.39 is 29.4 Å². The number of amides is 3. The molecule has 2 aromatic rings. The molecule has 1 saturated heterocycles. The van der Waals surface area contributed by atoms with Crippen molar-refractivity contribution in [3.63, 3.8) is 0 Å². The molecule has 0 aromatic heterocycles. The lowest BCUT2D eigenvalue weighted by Crippen LogP contribution is -2.36. The third-order valence-corrected chi connectivity index (χ3v) is 5.83. The zero-order chi connectivity index (χ0) is 24.8. The maximum absolute atomic E-state index is 13.3. The summed E-state index contributed by atoms with van der Waals surface area (Å²) in [5.41, 5.74) is 0.742. The molecule has 0 bridgehead atoms. The second-order valence-corrected chi connectivity index (χ2v) is 8.62. The monoisotopic (exact) mass is 524 g/mol. The lowest BCUT2D eigenvalue weighted by molar-refractivity contribution is -0.127. The average Bonchev–Trinajstić information content (AvgIpc) is 3.03.